The van der Waals surface area contributed by atoms with Crippen molar-refractivity contribution in [2.24, 2.45) is 0 Å². The van der Waals surface area contributed by atoms with E-state index in [0.717, 1.165) is 38.6 Å². The molecule has 0 spiro atoms. The minimum absolute atomic E-state index is 0. The number of rotatable bonds is 2. The molecule has 0 saturated heterocycles. The fourth-order valence-corrected chi connectivity index (χ4v) is 3.89. The summed E-state index contributed by atoms with van der Waals surface area (Å²) in [4.78, 5) is 19.0. The molecule has 0 saturated carbocycles. The SMILES string of the molecule is CC(=O)/C=C(/C)O.Cc1[c-]c(-c2ncnc3oc4ccc5ccccc5c4c23)cc(C)c1.[Ir]. The fourth-order valence-electron chi connectivity index (χ4n) is 3.89. The van der Waals surface area contributed by atoms with Gasteiger partial charge in [-0.3, -0.25) is 9.78 Å². The van der Waals surface area contributed by atoms with Crippen LogP contribution in [0.4, 0.5) is 0 Å². The molecule has 1 radical (unpaired) electrons. The molecule has 5 rings (SSSR count). The maximum Gasteiger partial charge on any atom is 0.221 e. The van der Waals surface area contributed by atoms with E-state index < -0.39 is 0 Å². The summed E-state index contributed by atoms with van der Waals surface area (Å²) in [5, 5.41) is 12.7. The Hall–Kier alpha value is -3.34. The summed E-state index contributed by atoms with van der Waals surface area (Å²) in [6.45, 7) is 6.99. The van der Waals surface area contributed by atoms with Crippen molar-refractivity contribution in [3.8, 4) is 11.3 Å². The number of carbonyl (C=O) groups is 1. The van der Waals surface area contributed by atoms with E-state index in [1.807, 2.05) is 18.2 Å². The van der Waals surface area contributed by atoms with Crippen LogP contribution in [-0.4, -0.2) is 20.9 Å². The van der Waals surface area contributed by atoms with Crippen LogP contribution in [-0.2, 0) is 24.9 Å². The van der Waals surface area contributed by atoms with Gasteiger partial charge in [-0.25, -0.2) is 4.98 Å². The van der Waals surface area contributed by atoms with Crippen molar-refractivity contribution in [3.05, 3.63) is 83.9 Å². The number of aliphatic hydroxyl groups is 1. The van der Waals surface area contributed by atoms with Gasteiger partial charge in [-0.05, 0) is 30.7 Å². The molecule has 0 aliphatic carbocycles. The number of ketones is 1. The fraction of sp³-hybridized carbons (Fsp3) is 0.148. The second kappa shape index (κ2) is 10.1. The van der Waals surface area contributed by atoms with Crippen molar-refractivity contribution in [2.75, 3.05) is 0 Å². The summed E-state index contributed by atoms with van der Waals surface area (Å²) in [6, 6.07) is 20.1. The van der Waals surface area contributed by atoms with E-state index in [0.29, 0.717) is 5.71 Å². The van der Waals surface area contributed by atoms with Crippen LogP contribution < -0.4 is 0 Å². The first-order valence-corrected chi connectivity index (χ1v) is 10.3. The number of furan rings is 1. The number of benzene rings is 3. The Kier molecular flexibility index (Phi) is 7.42. The van der Waals surface area contributed by atoms with Crippen molar-refractivity contribution in [1.29, 1.82) is 0 Å². The third-order valence-corrected chi connectivity index (χ3v) is 4.98. The molecule has 0 aliphatic heterocycles. The predicted molar refractivity (Wildman–Crippen MR) is 128 cm³/mol. The number of fused-ring (bicyclic) bond motifs is 5. The van der Waals surface area contributed by atoms with E-state index in [9.17, 15) is 4.79 Å². The van der Waals surface area contributed by atoms with Crippen LogP contribution in [0.25, 0.3) is 44.1 Å². The molecule has 0 bridgehead atoms. The Bertz CT molecular complexity index is 1480. The summed E-state index contributed by atoms with van der Waals surface area (Å²) < 4.78 is 6.02. The smallest absolute Gasteiger partial charge is 0.221 e. The van der Waals surface area contributed by atoms with Crippen LogP contribution in [0.15, 0.2) is 71.1 Å². The minimum Gasteiger partial charge on any atom is -0.512 e. The topological polar surface area (TPSA) is 76.2 Å². The van der Waals surface area contributed by atoms with Gasteiger partial charge in [-0.1, -0.05) is 44.2 Å². The van der Waals surface area contributed by atoms with Gasteiger partial charge in [0.1, 0.15) is 11.9 Å². The summed E-state index contributed by atoms with van der Waals surface area (Å²) in [7, 11) is 0. The second-order valence-corrected chi connectivity index (χ2v) is 7.82. The first-order chi connectivity index (χ1) is 15.3. The molecule has 0 unspecified atom stereocenters. The summed E-state index contributed by atoms with van der Waals surface area (Å²) >= 11 is 0. The molecule has 2 heterocycles. The van der Waals surface area contributed by atoms with Gasteiger partial charge in [0, 0.05) is 42.6 Å². The van der Waals surface area contributed by atoms with Gasteiger partial charge in [0.05, 0.1) is 5.76 Å². The molecular weight excluding hydrogens is 593 g/mol. The van der Waals surface area contributed by atoms with Gasteiger partial charge in [0.15, 0.2) is 5.78 Å². The van der Waals surface area contributed by atoms with E-state index in [-0.39, 0.29) is 31.6 Å². The standard InChI is InChI=1S/C22H15N2O.C5H8O2.Ir/c1-13-9-14(2)11-16(10-13)21-20-19-17-6-4-3-5-15(17)7-8-18(19)25-22(20)24-12-23-21;1-4(6)3-5(2)7;/h3-10,12H,1-2H3;3,6H,1-2H3;/q-1;;/b;4-3-;. The van der Waals surface area contributed by atoms with Crippen molar-refractivity contribution in [3.63, 3.8) is 0 Å². The Labute approximate surface area is 205 Å². The van der Waals surface area contributed by atoms with Gasteiger partial charge in [-0.15, -0.1) is 34.9 Å². The molecule has 5 aromatic rings. The van der Waals surface area contributed by atoms with Crippen LogP contribution in [0.1, 0.15) is 25.0 Å². The average molecular weight is 616 g/mol. The molecule has 0 fully saturated rings. The molecule has 0 atom stereocenters. The monoisotopic (exact) mass is 616 g/mol. The van der Waals surface area contributed by atoms with Gasteiger partial charge >= 0.3 is 0 Å². The van der Waals surface area contributed by atoms with Gasteiger partial charge in [-0.2, -0.15) is 0 Å². The van der Waals surface area contributed by atoms with Crippen molar-refractivity contribution in [2.45, 2.75) is 27.7 Å². The van der Waals surface area contributed by atoms with Crippen LogP contribution in [0.5, 0.6) is 0 Å². The maximum atomic E-state index is 10.0. The predicted octanol–water partition coefficient (Wildman–Crippen LogP) is 6.65. The second-order valence-electron chi connectivity index (χ2n) is 7.82. The quantitative estimate of drug-likeness (QED) is 0.137. The summed E-state index contributed by atoms with van der Waals surface area (Å²) in [5.41, 5.74) is 5.58. The number of aromatic nitrogens is 2. The number of nitrogens with zero attached hydrogens (tertiary/aromatic N) is 2. The Morgan fingerprint density at radius 1 is 1.03 bits per heavy atom. The Morgan fingerprint density at radius 2 is 1.79 bits per heavy atom. The van der Waals surface area contributed by atoms with Gasteiger partial charge in [0.25, 0.3) is 0 Å². The Balaban J connectivity index is 0.000000337. The molecule has 169 valence electrons. The molecular formula is C27H23IrN2O3-. The van der Waals surface area contributed by atoms with Gasteiger partial charge < -0.3 is 9.52 Å². The number of hydrogen-bond donors (Lipinski definition) is 1. The first kappa shape index (κ1) is 24.3. The number of carbonyl (C=O) groups excluding carboxylic acids is 1. The molecule has 33 heavy (non-hydrogen) atoms. The number of aliphatic hydroxyl groups excluding tert-OH is 1. The van der Waals surface area contributed by atoms with Crippen molar-refractivity contribution >= 4 is 38.6 Å². The van der Waals surface area contributed by atoms with Crippen LogP contribution in [0.2, 0.25) is 0 Å². The van der Waals surface area contributed by atoms with E-state index in [1.165, 1.54) is 30.9 Å². The normalized spacial score (nSPS) is 11.2. The van der Waals surface area contributed by atoms with Crippen molar-refractivity contribution < 1.29 is 34.4 Å². The van der Waals surface area contributed by atoms with Crippen LogP contribution in [0.3, 0.4) is 0 Å². The minimum atomic E-state index is -0.125. The number of allylic oxidation sites excluding steroid dienone is 2. The molecule has 1 N–H and O–H groups in total. The molecule has 0 aliphatic rings. The molecule has 2 aromatic heterocycles. The first-order valence-electron chi connectivity index (χ1n) is 10.3. The maximum absolute atomic E-state index is 10.0. The zero-order valence-corrected chi connectivity index (χ0v) is 21.2. The number of hydrogen-bond acceptors (Lipinski definition) is 5. The molecule has 3 aromatic carbocycles. The van der Waals surface area contributed by atoms with Crippen molar-refractivity contribution in [1.82, 2.24) is 9.97 Å². The third kappa shape index (κ3) is 5.19. The third-order valence-electron chi connectivity index (χ3n) is 4.98. The average Bonchev–Trinajstić information content (AvgIpc) is 3.11. The van der Waals surface area contributed by atoms with E-state index in [2.05, 4.69) is 60.2 Å². The molecule has 5 nitrogen and oxygen atoms in total. The van der Waals surface area contributed by atoms with E-state index in [4.69, 9.17) is 9.52 Å². The largest absolute Gasteiger partial charge is 0.512 e. The zero-order chi connectivity index (χ0) is 22.8. The Morgan fingerprint density at radius 3 is 2.45 bits per heavy atom. The van der Waals surface area contributed by atoms with Gasteiger partial charge in [0.2, 0.25) is 5.71 Å². The van der Waals surface area contributed by atoms with Crippen LogP contribution in [0, 0.1) is 19.9 Å². The summed E-state index contributed by atoms with van der Waals surface area (Å²) in [6.07, 6.45) is 2.73. The molecule has 0 amide bonds. The number of aryl methyl sites for hydroxylation is 2. The molecule has 6 heteroatoms. The summed E-state index contributed by atoms with van der Waals surface area (Å²) in [5.74, 6) is -0.0625. The van der Waals surface area contributed by atoms with Crippen LogP contribution >= 0.6 is 0 Å². The van der Waals surface area contributed by atoms with E-state index in [1.54, 1.807) is 6.33 Å². The van der Waals surface area contributed by atoms with E-state index >= 15 is 0 Å². The zero-order valence-electron chi connectivity index (χ0n) is 18.8.